The van der Waals surface area contributed by atoms with Crippen molar-refractivity contribution in [1.82, 2.24) is 0 Å². The van der Waals surface area contributed by atoms with E-state index in [0.717, 1.165) is 31.1 Å². The minimum atomic E-state index is -3.72. The topological polar surface area (TPSA) is 66.5 Å². The third-order valence-electron chi connectivity index (χ3n) is 6.01. The number of benzene rings is 4. The zero-order valence-corrected chi connectivity index (χ0v) is 23.4. The monoisotopic (exact) mass is 558 g/mol. The molecular formula is C30H26N2O3S3. The van der Waals surface area contributed by atoms with Crippen molar-refractivity contribution in [1.29, 1.82) is 0 Å². The van der Waals surface area contributed by atoms with E-state index in [9.17, 15) is 13.2 Å². The Morgan fingerprint density at radius 2 is 1.61 bits per heavy atom. The first-order valence-corrected chi connectivity index (χ1v) is 15.2. The molecule has 1 amide bonds. The minimum absolute atomic E-state index is 0.200. The van der Waals surface area contributed by atoms with Gasteiger partial charge in [-0.1, -0.05) is 59.8 Å². The largest absolute Gasteiger partial charge is 0.320 e. The van der Waals surface area contributed by atoms with Gasteiger partial charge in [0.15, 0.2) is 0 Å². The number of carbonyl (C=O) groups is 1. The lowest BCUT2D eigenvalue weighted by molar-refractivity contribution is 0.103. The number of nitrogens with zero attached hydrogens (tertiary/aromatic N) is 1. The zero-order chi connectivity index (χ0) is 26.7. The normalized spacial score (nSPS) is 11.4. The number of fused-ring (bicyclic) bond motifs is 1. The molecule has 0 aliphatic heterocycles. The summed E-state index contributed by atoms with van der Waals surface area (Å²) >= 11 is 2.97. The Hall–Kier alpha value is -3.59. The Morgan fingerprint density at radius 1 is 0.895 bits per heavy atom. The standard InChI is InChI=1S/C30H26N2O3S3/c1-3-32(38(34,35)25-16-13-21(2)14-17-25)23-15-18-27-22(19-23)20-29(37-27)30(33)31-26-11-7-8-12-28(26)36-24-9-5-4-6-10-24/h4-20H,3H2,1-2H3,(H,31,33). The summed E-state index contributed by atoms with van der Waals surface area (Å²) in [5.41, 5.74) is 2.31. The Labute approximate surface area is 231 Å². The highest BCUT2D eigenvalue weighted by Gasteiger charge is 2.24. The van der Waals surface area contributed by atoms with E-state index in [0.29, 0.717) is 10.6 Å². The maximum atomic E-state index is 13.4. The van der Waals surface area contributed by atoms with Crippen molar-refractivity contribution < 1.29 is 13.2 Å². The molecule has 4 aromatic carbocycles. The van der Waals surface area contributed by atoms with Crippen molar-refractivity contribution in [2.75, 3.05) is 16.2 Å². The summed E-state index contributed by atoms with van der Waals surface area (Å²) in [6.07, 6.45) is 0. The van der Waals surface area contributed by atoms with Crippen LogP contribution in [-0.2, 0) is 10.0 Å². The summed E-state index contributed by atoms with van der Waals surface area (Å²) in [7, 11) is -3.72. The maximum Gasteiger partial charge on any atom is 0.265 e. The number of hydrogen-bond donors (Lipinski definition) is 1. The van der Waals surface area contributed by atoms with E-state index >= 15 is 0 Å². The van der Waals surface area contributed by atoms with Gasteiger partial charge in [0.1, 0.15) is 0 Å². The number of sulfonamides is 1. The second-order valence-corrected chi connectivity index (χ2v) is 12.7. The summed E-state index contributed by atoms with van der Waals surface area (Å²) in [6.45, 7) is 4.02. The molecule has 0 saturated carbocycles. The first-order chi connectivity index (χ1) is 18.3. The van der Waals surface area contributed by atoms with Gasteiger partial charge in [-0.15, -0.1) is 11.3 Å². The molecule has 8 heteroatoms. The lowest BCUT2D eigenvalue weighted by atomic mass is 10.2. The molecular weight excluding hydrogens is 533 g/mol. The van der Waals surface area contributed by atoms with Crippen molar-refractivity contribution in [2.24, 2.45) is 0 Å². The van der Waals surface area contributed by atoms with Crippen LogP contribution in [0.2, 0.25) is 0 Å². The highest BCUT2D eigenvalue weighted by molar-refractivity contribution is 7.99. The molecule has 0 aliphatic rings. The number of carbonyl (C=O) groups excluding carboxylic acids is 1. The van der Waals surface area contributed by atoms with Crippen molar-refractivity contribution >= 4 is 60.5 Å². The number of thiophene rings is 1. The first-order valence-electron chi connectivity index (χ1n) is 12.1. The van der Waals surface area contributed by atoms with E-state index in [1.54, 1.807) is 42.1 Å². The lowest BCUT2D eigenvalue weighted by Gasteiger charge is -2.23. The molecule has 0 fully saturated rings. The molecule has 0 atom stereocenters. The summed E-state index contributed by atoms with van der Waals surface area (Å²) in [6, 6.07) is 31.9. The molecule has 0 radical (unpaired) electrons. The average molecular weight is 559 g/mol. The van der Waals surface area contributed by atoms with Gasteiger partial charge in [0, 0.05) is 21.0 Å². The average Bonchev–Trinajstić information content (AvgIpc) is 3.35. The SMILES string of the molecule is CCN(c1ccc2sc(C(=O)Nc3ccccc3Sc3ccccc3)cc2c1)S(=O)(=O)c1ccc(C)cc1. The number of amides is 1. The molecule has 192 valence electrons. The fourth-order valence-corrected chi connectivity index (χ4v) is 7.41. The van der Waals surface area contributed by atoms with Crippen LogP contribution in [0.3, 0.4) is 0 Å². The molecule has 1 aromatic heterocycles. The number of aryl methyl sites for hydroxylation is 1. The molecule has 5 rings (SSSR count). The highest BCUT2D eigenvalue weighted by atomic mass is 32.2. The van der Waals surface area contributed by atoms with E-state index < -0.39 is 10.0 Å². The highest BCUT2D eigenvalue weighted by Crippen LogP contribution is 2.35. The third kappa shape index (κ3) is 5.48. The molecule has 5 aromatic rings. The van der Waals surface area contributed by atoms with Crippen molar-refractivity contribution in [2.45, 2.75) is 28.5 Å². The molecule has 38 heavy (non-hydrogen) atoms. The number of anilines is 2. The van der Waals surface area contributed by atoms with E-state index in [-0.39, 0.29) is 17.3 Å². The quantitative estimate of drug-likeness (QED) is 0.211. The fourth-order valence-electron chi connectivity index (χ4n) is 4.08. The van der Waals surface area contributed by atoms with Crippen LogP contribution >= 0.6 is 23.1 Å². The van der Waals surface area contributed by atoms with Gasteiger partial charge in [0.2, 0.25) is 0 Å². The van der Waals surface area contributed by atoms with Crippen LogP contribution < -0.4 is 9.62 Å². The summed E-state index contributed by atoms with van der Waals surface area (Å²) in [5, 5.41) is 3.87. The third-order valence-corrected chi connectivity index (χ3v) is 10.1. The molecule has 1 N–H and O–H groups in total. The van der Waals surface area contributed by atoms with Crippen LogP contribution in [0, 0.1) is 6.92 Å². The van der Waals surface area contributed by atoms with Gasteiger partial charge in [-0.2, -0.15) is 0 Å². The summed E-state index contributed by atoms with van der Waals surface area (Å²) in [4.78, 5) is 16.1. The molecule has 0 spiro atoms. The van der Waals surface area contributed by atoms with Crippen LogP contribution in [-0.4, -0.2) is 20.9 Å². The number of nitrogens with one attached hydrogen (secondary N) is 1. The second-order valence-electron chi connectivity index (χ2n) is 8.68. The van der Waals surface area contributed by atoms with Crippen molar-refractivity contribution in [3.63, 3.8) is 0 Å². The Morgan fingerprint density at radius 3 is 2.34 bits per heavy atom. The number of rotatable bonds is 8. The lowest BCUT2D eigenvalue weighted by Crippen LogP contribution is -2.30. The maximum absolute atomic E-state index is 13.4. The molecule has 5 nitrogen and oxygen atoms in total. The van der Waals surface area contributed by atoms with Gasteiger partial charge in [-0.3, -0.25) is 9.10 Å². The molecule has 0 unspecified atom stereocenters. The molecule has 0 bridgehead atoms. The second kappa shape index (κ2) is 11.0. The van der Waals surface area contributed by atoms with Crippen LogP contribution in [0.4, 0.5) is 11.4 Å². The van der Waals surface area contributed by atoms with Crippen LogP contribution in [0.25, 0.3) is 10.1 Å². The van der Waals surface area contributed by atoms with E-state index in [4.69, 9.17) is 0 Å². The predicted octanol–water partition coefficient (Wildman–Crippen LogP) is 7.83. The predicted molar refractivity (Wildman–Crippen MR) is 158 cm³/mol. The summed E-state index contributed by atoms with van der Waals surface area (Å²) in [5.74, 6) is -0.200. The number of hydrogen-bond acceptors (Lipinski definition) is 5. The Kier molecular flexibility index (Phi) is 7.56. The minimum Gasteiger partial charge on any atom is -0.320 e. The van der Waals surface area contributed by atoms with Gasteiger partial charge in [0.05, 0.1) is 21.1 Å². The smallest absolute Gasteiger partial charge is 0.265 e. The molecule has 1 heterocycles. The van der Waals surface area contributed by atoms with E-state index in [2.05, 4.69) is 5.32 Å². The van der Waals surface area contributed by atoms with Gasteiger partial charge < -0.3 is 5.32 Å². The van der Waals surface area contributed by atoms with Crippen LogP contribution in [0.1, 0.15) is 22.2 Å². The molecule has 0 saturated heterocycles. The van der Waals surface area contributed by atoms with Crippen LogP contribution in [0.5, 0.6) is 0 Å². The van der Waals surface area contributed by atoms with Crippen molar-refractivity contribution in [3.8, 4) is 0 Å². The van der Waals surface area contributed by atoms with E-state index in [1.807, 2.05) is 86.6 Å². The zero-order valence-electron chi connectivity index (χ0n) is 20.9. The first kappa shape index (κ1) is 26.0. The fraction of sp³-hybridized carbons (Fsp3) is 0.100. The van der Waals surface area contributed by atoms with Crippen LogP contribution in [0.15, 0.2) is 118 Å². The number of para-hydroxylation sites is 1. The van der Waals surface area contributed by atoms with Crippen molar-refractivity contribution in [3.05, 3.63) is 114 Å². The Balaban J connectivity index is 1.40. The van der Waals surface area contributed by atoms with Gasteiger partial charge in [-0.25, -0.2) is 8.42 Å². The van der Waals surface area contributed by atoms with Gasteiger partial charge in [-0.05, 0) is 79.9 Å². The van der Waals surface area contributed by atoms with Gasteiger partial charge in [0.25, 0.3) is 15.9 Å². The summed E-state index contributed by atoms with van der Waals surface area (Å²) < 4.78 is 29.0. The van der Waals surface area contributed by atoms with E-state index in [1.165, 1.54) is 15.6 Å². The Bertz CT molecular complexity index is 1700. The van der Waals surface area contributed by atoms with Gasteiger partial charge >= 0.3 is 0 Å². The molecule has 0 aliphatic carbocycles.